The Morgan fingerprint density at radius 1 is 1.26 bits per heavy atom. The maximum absolute atomic E-state index is 13.1. The molecule has 6 nitrogen and oxygen atoms in total. The highest BCUT2D eigenvalue weighted by Crippen LogP contribution is 2.30. The van der Waals surface area contributed by atoms with Crippen molar-refractivity contribution in [3.8, 4) is 0 Å². The quantitative estimate of drug-likeness (QED) is 0.661. The zero-order valence-corrected chi connectivity index (χ0v) is 15.0. The first-order chi connectivity index (χ1) is 12.6. The maximum Gasteiger partial charge on any atom is 0.401 e. The normalized spacial score (nSPS) is 13.9. The van der Waals surface area contributed by atoms with Gasteiger partial charge in [0.25, 0.3) is 0 Å². The molecule has 1 amide bonds. The first kappa shape index (κ1) is 20.8. The number of hydrogen-bond donors (Lipinski definition) is 3. The van der Waals surface area contributed by atoms with Crippen LogP contribution in [-0.2, 0) is 20.8 Å². The van der Waals surface area contributed by atoms with E-state index in [1.807, 2.05) is 5.32 Å². The van der Waals surface area contributed by atoms with Crippen molar-refractivity contribution in [1.82, 2.24) is 10.3 Å². The van der Waals surface area contributed by atoms with E-state index in [4.69, 9.17) is 0 Å². The molecular formula is C17H17F3N2O4S. The number of aliphatic carboxylic acids is 1. The molecule has 146 valence electrons. The molecule has 0 spiro atoms. The minimum absolute atomic E-state index is 0.185. The molecule has 0 fully saturated rings. The third kappa shape index (κ3) is 5.49. The molecule has 1 aromatic heterocycles. The van der Waals surface area contributed by atoms with Gasteiger partial charge in [-0.05, 0) is 11.6 Å². The number of nitrogens with one attached hydrogen (secondary N) is 2. The molecule has 2 rings (SSSR count). The number of para-hydroxylation sites is 1. The van der Waals surface area contributed by atoms with Crippen LogP contribution in [0.15, 0.2) is 30.5 Å². The van der Waals surface area contributed by atoms with Gasteiger partial charge in [-0.25, -0.2) is 4.79 Å². The lowest BCUT2D eigenvalue weighted by atomic mass is 10.0. The van der Waals surface area contributed by atoms with E-state index >= 15 is 0 Å². The van der Waals surface area contributed by atoms with Crippen molar-refractivity contribution >= 4 is 39.7 Å². The van der Waals surface area contributed by atoms with Crippen LogP contribution >= 0.6 is 11.8 Å². The minimum Gasteiger partial charge on any atom is -0.480 e. The average Bonchev–Trinajstić information content (AvgIpc) is 2.96. The van der Waals surface area contributed by atoms with Crippen LogP contribution in [0.4, 0.5) is 13.2 Å². The molecule has 0 saturated carbocycles. The van der Waals surface area contributed by atoms with Crippen LogP contribution in [0, 0.1) is 5.92 Å². The number of alkyl halides is 3. The molecule has 0 saturated heterocycles. The van der Waals surface area contributed by atoms with Crippen molar-refractivity contribution in [1.29, 1.82) is 0 Å². The second-order valence-electron chi connectivity index (χ2n) is 5.86. The summed E-state index contributed by atoms with van der Waals surface area (Å²) in [5, 5.41) is 11.4. The number of aromatic nitrogens is 1. The molecular weight excluding hydrogens is 385 g/mol. The fourth-order valence-electron chi connectivity index (χ4n) is 2.51. The number of aromatic amines is 1. The summed E-state index contributed by atoms with van der Waals surface area (Å²) in [5.41, 5.74) is 1.30. The summed E-state index contributed by atoms with van der Waals surface area (Å²) in [6.07, 6.45) is -3.52. The van der Waals surface area contributed by atoms with Crippen LogP contribution in [0.2, 0.25) is 0 Å². The molecule has 0 aliphatic carbocycles. The van der Waals surface area contributed by atoms with Crippen LogP contribution < -0.4 is 5.32 Å². The van der Waals surface area contributed by atoms with Gasteiger partial charge in [0.2, 0.25) is 5.91 Å². The Labute approximate surface area is 156 Å². The van der Waals surface area contributed by atoms with Gasteiger partial charge in [-0.3, -0.25) is 9.59 Å². The Hall–Kier alpha value is -2.49. The number of carboxylic acid groups (broad SMARTS) is 1. The fourth-order valence-corrected chi connectivity index (χ4v) is 3.25. The monoisotopic (exact) mass is 402 g/mol. The SMILES string of the molecule is CC(=O)SCC(C(=O)N[C@@H](Cc1c[nH]c2ccccc12)C(=O)O)C(F)(F)F. The van der Waals surface area contributed by atoms with E-state index in [0.717, 1.165) is 17.8 Å². The van der Waals surface area contributed by atoms with Crippen molar-refractivity contribution in [3.63, 3.8) is 0 Å². The fraction of sp³-hybridized carbons (Fsp3) is 0.353. The number of carboxylic acids is 1. The van der Waals surface area contributed by atoms with E-state index in [1.165, 1.54) is 0 Å². The third-order valence-corrected chi connectivity index (χ3v) is 4.78. The Morgan fingerprint density at radius 2 is 1.93 bits per heavy atom. The second-order valence-corrected chi connectivity index (χ2v) is 7.06. The molecule has 3 N–H and O–H groups in total. The highest BCUT2D eigenvalue weighted by atomic mass is 32.2. The zero-order valence-electron chi connectivity index (χ0n) is 14.2. The number of H-pyrrole nitrogens is 1. The summed E-state index contributed by atoms with van der Waals surface area (Å²) in [6.45, 7) is 1.09. The van der Waals surface area contributed by atoms with Gasteiger partial charge in [-0.1, -0.05) is 30.0 Å². The molecule has 10 heteroatoms. The summed E-state index contributed by atoms with van der Waals surface area (Å²) in [6, 6.07) is 5.49. The minimum atomic E-state index is -4.89. The number of carbonyl (C=O) groups excluding carboxylic acids is 2. The Morgan fingerprint density at radius 3 is 2.52 bits per heavy atom. The van der Waals surface area contributed by atoms with Gasteiger partial charge in [-0.2, -0.15) is 13.2 Å². The van der Waals surface area contributed by atoms with Crippen LogP contribution in [0.3, 0.4) is 0 Å². The van der Waals surface area contributed by atoms with Crippen molar-refractivity contribution in [2.45, 2.75) is 25.6 Å². The van der Waals surface area contributed by atoms with E-state index in [9.17, 15) is 32.7 Å². The average molecular weight is 402 g/mol. The summed E-state index contributed by atoms with van der Waals surface area (Å²) in [7, 11) is 0. The van der Waals surface area contributed by atoms with Crippen LogP contribution in [-0.4, -0.2) is 45.1 Å². The number of fused-ring (bicyclic) bond motifs is 1. The number of amides is 1. The smallest absolute Gasteiger partial charge is 0.401 e. The van der Waals surface area contributed by atoms with Crippen LogP contribution in [0.1, 0.15) is 12.5 Å². The number of benzene rings is 1. The highest BCUT2D eigenvalue weighted by molar-refractivity contribution is 8.13. The van der Waals surface area contributed by atoms with Crippen LogP contribution in [0.25, 0.3) is 10.9 Å². The third-order valence-electron chi connectivity index (χ3n) is 3.88. The van der Waals surface area contributed by atoms with Crippen molar-refractivity contribution < 1.29 is 32.7 Å². The van der Waals surface area contributed by atoms with Gasteiger partial charge in [0.1, 0.15) is 12.0 Å². The molecule has 1 aromatic carbocycles. The Kier molecular flexibility index (Phi) is 6.53. The van der Waals surface area contributed by atoms with Crippen molar-refractivity contribution in [2.24, 2.45) is 5.92 Å². The largest absolute Gasteiger partial charge is 0.480 e. The van der Waals surface area contributed by atoms with Crippen molar-refractivity contribution in [2.75, 3.05) is 5.75 Å². The van der Waals surface area contributed by atoms with E-state index < -0.39 is 40.9 Å². The van der Waals surface area contributed by atoms with Gasteiger partial charge in [0.15, 0.2) is 5.12 Å². The standard InChI is InChI=1S/C17H17F3N2O4S/c1-9(23)27-8-12(17(18,19)20)15(24)22-14(16(25)26)6-10-7-21-13-5-3-2-4-11(10)13/h2-5,7,12,14,21H,6,8H2,1H3,(H,22,24)(H,25,26)/t12?,14-/m0/s1. The number of rotatable bonds is 7. The molecule has 1 heterocycles. The number of hydrogen-bond acceptors (Lipinski definition) is 4. The molecule has 1 unspecified atom stereocenters. The molecule has 0 radical (unpaired) electrons. The van der Waals surface area contributed by atoms with E-state index in [0.29, 0.717) is 17.3 Å². The molecule has 2 atom stereocenters. The summed E-state index contributed by atoms with van der Waals surface area (Å²) < 4.78 is 39.4. The number of thioether (sulfide) groups is 1. The lowest BCUT2D eigenvalue weighted by molar-refractivity contribution is -0.179. The lowest BCUT2D eigenvalue weighted by Crippen LogP contribution is -2.49. The van der Waals surface area contributed by atoms with Gasteiger partial charge >= 0.3 is 12.1 Å². The van der Waals surface area contributed by atoms with E-state index in [-0.39, 0.29) is 6.42 Å². The van der Waals surface area contributed by atoms with Gasteiger partial charge < -0.3 is 15.4 Å². The topological polar surface area (TPSA) is 99.3 Å². The molecule has 27 heavy (non-hydrogen) atoms. The Balaban J connectivity index is 2.17. The number of carbonyl (C=O) groups is 3. The van der Waals surface area contributed by atoms with Gasteiger partial charge in [0, 0.05) is 36.2 Å². The van der Waals surface area contributed by atoms with Crippen molar-refractivity contribution in [3.05, 3.63) is 36.0 Å². The van der Waals surface area contributed by atoms with E-state index in [2.05, 4.69) is 4.98 Å². The Bertz CT molecular complexity index is 850. The highest BCUT2D eigenvalue weighted by Gasteiger charge is 2.45. The van der Waals surface area contributed by atoms with E-state index in [1.54, 1.807) is 30.5 Å². The second kappa shape index (κ2) is 8.47. The molecule has 0 aliphatic rings. The molecule has 0 aliphatic heterocycles. The summed E-state index contributed by atoms with van der Waals surface area (Å²) >= 11 is 0.365. The summed E-state index contributed by atoms with van der Waals surface area (Å²) in [4.78, 5) is 37.4. The lowest BCUT2D eigenvalue weighted by Gasteiger charge is -2.21. The first-order valence-corrected chi connectivity index (χ1v) is 8.86. The first-order valence-electron chi connectivity index (χ1n) is 7.88. The predicted octanol–water partition coefficient (Wildman–Crippen LogP) is 2.74. The maximum atomic E-state index is 13.1. The van der Waals surface area contributed by atoms with Gasteiger partial charge in [0.05, 0.1) is 0 Å². The summed E-state index contributed by atoms with van der Waals surface area (Å²) in [5.74, 6) is -6.20. The predicted molar refractivity (Wildman–Crippen MR) is 94.3 cm³/mol. The number of halogens is 3. The molecule has 2 aromatic rings. The molecule has 0 bridgehead atoms. The van der Waals surface area contributed by atoms with Gasteiger partial charge in [-0.15, -0.1) is 0 Å². The van der Waals surface area contributed by atoms with Crippen LogP contribution in [0.5, 0.6) is 0 Å². The zero-order chi connectivity index (χ0) is 20.2.